The van der Waals surface area contributed by atoms with E-state index in [1.807, 2.05) is 42.6 Å². The van der Waals surface area contributed by atoms with Crippen LogP contribution < -0.4 is 5.32 Å². The van der Waals surface area contributed by atoms with E-state index in [0.29, 0.717) is 18.0 Å². The summed E-state index contributed by atoms with van der Waals surface area (Å²) in [5.41, 5.74) is 3.63. The van der Waals surface area contributed by atoms with Gasteiger partial charge in [0.05, 0.1) is 11.1 Å². The number of likely N-dealkylation sites (tertiary alicyclic amines) is 1. The van der Waals surface area contributed by atoms with E-state index in [1.165, 1.54) is 11.6 Å². The van der Waals surface area contributed by atoms with Gasteiger partial charge in [0.15, 0.2) is 0 Å². The summed E-state index contributed by atoms with van der Waals surface area (Å²) in [7, 11) is 0. The molecule has 0 bridgehead atoms. The fraction of sp³-hybridized carbons (Fsp3) is 0.280. The van der Waals surface area contributed by atoms with Crippen LogP contribution in [0.15, 0.2) is 60.9 Å². The van der Waals surface area contributed by atoms with Crippen molar-refractivity contribution in [2.75, 3.05) is 26.2 Å². The monoisotopic (exact) mass is 416 g/mol. The highest BCUT2D eigenvalue weighted by molar-refractivity contribution is 5.97. The highest BCUT2D eigenvalue weighted by Gasteiger charge is 2.22. The van der Waals surface area contributed by atoms with Gasteiger partial charge in [-0.15, -0.1) is 0 Å². The Balaban J connectivity index is 1.12. The maximum atomic E-state index is 13.4. The SMILES string of the molecule is O=C(NCCN1CCC(c2c[nH]c3cc(F)ccc23)CC1)c1cnc2ccccc2c1. The lowest BCUT2D eigenvalue weighted by molar-refractivity contribution is 0.0945. The molecule has 5 rings (SSSR count). The minimum absolute atomic E-state index is 0.0841. The molecule has 0 saturated carbocycles. The Kier molecular flexibility index (Phi) is 5.38. The van der Waals surface area contributed by atoms with E-state index < -0.39 is 0 Å². The number of nitrogens with zero attached hydrogens (tertiary/aromatic N) is 2. The van der Waals surface area contributed by atoms with Gasteiger partial charge in [0.25, 0.3) is 5.91 Å². The average molecular weight is 417 g/mol. The number of rotatable bonds is 5. The summed E-state index contributed by atoms with van der Waals surface area (Å²) in [6.45, 7) is 3.43. The summed E-state index contributed by atoms with van der Waals surface area (Å²) in [4.78, 5) is 22.4. The molecule has 1 aliphatic heterocycles. The number of hydrogen-bond acceptors (Lipinski definition) is 3. The third-order valence-corrected chi connectivity index (χ3v) is 6.27. The maximum absolute atomic E-state index is 13.4. The zero-order chi connectivity index (χ0) is 21.2. The Hall–Kier alpha value is -3.25. The molecular formula is C25H25FN4O. The Morgan fingerprint density at radius 3 is 2.87 bits per heavy atom. The molecule has 4 aromatic rings. The molecule has 0 atom stereocenters. The number of amides is 1. The number of aromatic nitrogens is 2. The highest BCUT2D eigenvalue weighted by atomic mass is 19.1. The van der Waals surface area contributed by atoms with E-state index in [9.17, 15) is 9.18 Å². The Morgan fingerprint density at radius 2 is 2.00 bits per heavy atom. The molecule has 3 heterocycles. The van der Waals surface area contributed by atoms with Crippen molar-refractivity contribution >= 4 is 27.7 Å². The molecule has 1 fully saturated rings. The van der Waals surface area contributed by atoms with Crippen molar-refractivity contribution in [2.45, 2.75) is 18.8 Å². The topological polar surface area (TPSA) is 61.0 Å². The van der Waals surface area contributed by atoms with Crippen LogP contribution in [0.1, 0.15) is 34.7 Å². The lowest BCUT2D eigenvalue weighted by atomic mass is 9.89. The Bertz CT molecular complexity index is 1230. The standard InChI is InChI=1S/C25H25FN4O/c26-20-5-6-21-22(16-29-24(21)14-20)17-7-10-30(11-8-17)12-9-27-25(31)19-13-18-3-1-2-4-23(18)28-15-19/h1-6,13-17,29H,7-12H2,(H,27,31). The summed E-state index contributed by atoms with van der Waals surface area (Å²) in [6, 6.07) is 14.6. The number of nitrogens with one attached hydrogen (secondary N) is 2. The average Bonchev–Trinajstić information content (AvgIpc) is 3.22. The molecule has 6 heteroatoms. The lowest BCUT2D eigenvalue weighted by Gasteiger charge is -2.32. The Labute approximate surface area is 180 Å². The normalized spacial score (nSPS) is 15.5. The first-order valence-electron chi connectivity index (χ1n) is 10.8. The molecule has 0 aliphatic carbocycles. The number of H-pyrrole nitrogens is 1. The van der Waals surface area contributed by atoms with Gasteiger partial charge >= 0.3 is 0 Å². The quantitative estimate of drug-likeness (QED) is 0.505. The first-order chi connectivity index (χ1) is 15.2. The van der Waals surface area contributed by atoms with Crippen LogP contribution in [-0.2, 0) is 0 Å². The van der Waals surface area contributed by atoms with Crippen molar-refractivity contribution in [1.29, 1.82) is 0 Å². The molecule has 158 valence electrons. The second kappa shape index (κ2) is 8.47. The summed E-state index contributed by atoms with van der Waals surface area (Å²) in [5.74, 6) is 0.185. The van der Waals surface area contributed by atoms with E-state index in [0.717, 1.165) is 54.3 Å². The number of carbonyl (C=O) groups excluding carboxylic acids is 1. The smallest absolute Gasteiger partial charge is 0.252 e. The van der Waals surface area contributed by atoms with Crippen LogP contribution in [0.2, 0.25) is 0 Å². The molecule has 31 heavy (non-hydrogen) atoms. The number of halogens is 1. The van der Waals surface area contributed by atoms with Gasteiger partial charge < -0.3 is 15.2 Å². The largest absolute Gasteiger partial charge is 0.361 e. The molecule has 1 aliphatic rings. The molecule has 1 saturated heterocycles. The number of para-hydroxylation sites is 1. The second-order valence-corrected chi connectivity index (χ2v) is 8.22. The number of hydrogen-bond donors (Lipinski definition) is 2. The first-order valence-corrected chi connectivity index (χ1v) is 10.8. The number of piperidine rings is 1. The van der Waals surface area contributed by atoms with Gasteiger partial charge in [-0.25, -0.2) is 4.39 Å². The van der Waals surface area contributed by atoms with Gasteiger partial charge in [-0.05, 0) is 67.7 Å². The molecule has 2 aromatic carbocycles. The zero-order valence-corrected chi connectivity index (χ0v) is 17.3. The third-order valence-electron chi connectivity index (χ3n) is 6.27. The van der Waals surface area contributed by atoms with Crippen LogP contribution in [-0.4, -0.2) is 47.0 Å². The summed E-state index contributed by atoms with van der Waals surface area (Å²) in [6.07, 6.45) is 5.79. The van der Waals surface area contributed by atoms with Crippen LogP contribution >= 0.6 is 0 Å². The minimum Gasteiger partial charge on any atom is -0.361 e. The number of pyridine rings is 1. The van der Waals surface area contributed by atoms with E-state index in [1.54, 1.807) is 12.3 Å². The highest BCUT2D eigenvalue weighted by Crippen LogP contribution is 2.33. The fourth-order valence-corrected chi connectivity index (χ4v) is 4.55. The van der Waals surface area contributed by atoms with Gasteiger partial charge in [-0.2, -0.15) is 0 Å². The van der Waals surface area contributed by atoms with Crippen molar-refractivity contribution < 1.29 is 9.18 Å². The molecule has 0 spiro atoms. The second-order valence-electron chi connectivity index (χ2n) is 8.22. The van der Waals surface area contributed by atoms with Crippen molar-refractivity contribution in [2.24, 2.45) is 0 Å². The van der Waals surface area contributed by atoms with Crippen LogP contribution in [0.4, 0.5) is 4.39 Å². The van der Waals surface area contributed by atoms with E-state index in [4.69, 9.17) is 0 Å². The third kappa shape index (κ3) is 4.16. The minimum atomic E-state index is -0.211. The van der Waals surface area contributed by atoms with Crippen LogP contribution in [0, 0.1) is 5.82 Å². The van der Waals surface area contributed by atoms with Crippen molar-refractivity contribution in [1.82, 2.24) is 20.2 Å². The molecule has 0 unspecified atom stereocenters. The summed E-state index contributed by atoms with van der Waals surface area (Å²) < 4.78 is 13.4. The number of carbonyl (C=O) groups is 1. The van der Waals surface area contributed by atoms with Crippen LogP contribution in [0.5, 0.6) is 0 Å². The van der Waals surface area contributed by atoms with E-state index in [2.05, 4.69) is 20.2 Å². The molecular weight excluding hydrogens is 391 g/mol. The maximum Gasteiger partial charge on any atom is 0.252 e. The zero-order valence-electron chi connectivity index (χ0n) is 17.3. The summed E-state index contributed by atoms with van der Waals surface area (Å²) in [5, 5.41) is 5.11. The number of fused-ring (bicyclic) bond motifs is 2. The Morgan fingerprint density at radius 1 is 1.16 bits per heavy atom. The van der Waals surface area contributed by atoms with E-state index >= 15 is 0 Å². The molecule has 2 N–H and O–H groups in total. The van der Waals surface area contributed by atoms with Crippen molar-refractivity contribution in [3.8, 4) is 0 Å². The lowest BCUT2D eigenvalue weighted by Crippen LogP contribution is -2.39. The van der Waals surface area contributed by atoms with Gasteiger partial charge in [-0.1, -0.05) is 18.2 Å². The fourth-order valence-electron chi connectivity index (χ4n) is 4.55. The first kappa shape index (κ1) is 19.7. The summed E-state index contributed by atoms with van der Waals surface area (Å²) >= 11 is 0. The molecule has 5 nitrogen and oxygen atoms in total. The van der Waals surface area contributed by atoms with Gasteiger partial charge in [0.1, 0.15) is 5.82 Å². The molecule has 2 aromatic heterocycles. The van der Waals surface area contributed by atoms with Crippen molar-refractivity contribution in [3.05, 3.63) is 77.9 Å². The molecule has 0 radical (unpaired) electrons. The van der Waals surface area contributed by atoms with Crippen molar-refractivity contribution in [3.63, 3.8) is 0 Å². The number of benzene rings is 2. The van der Waals surface area contributed by atoms with Gasteiger partial charge in [0, 0.05) is 41.8 Å². The molecule has 1 amide bonds. The number of aromatic amines is 1. The predicted molar refractivity (Wildman–Crippen MR) is 121 cm³/mol. The van der Waals surface area contributed by atoms with E-state index in [-0.39, 0.29) is 11.7 Å². The van der Waals surface area contributed by atoms with Crippen LogP contribution in [0.25, 0.3) is 21.8 Å². The van der Waals surface area contributed by atoms with Crippen LogP contribution in [0.3, 0.4) is 0 Å². The predicted octanol–water partition coefficient (Wildman–Crippen LogP) is 4.46. The van der Waals surface area contributed by atoms with Gasteiger partial charge in [-0.3, -0.25) is 9.78 Å². The van der Waals surface area contributed by atoms with Gasteiger partial charge in [0.2, 0.25) is 0 Å².